The zero-order chi connectivity index (χ0) is 20.7. The van der Waals surface area contributed by atoms with Crippen LogP contribution in [0, 0.1) is 0 Å². The second kappa shape index (κ2) is 7.70. The molecule has 0 unspecified atom stereocenters. The van der Waals surface area contributed by atoms with Crippen LogP contribution in [-0.2, 0) is 4.74 Å². The maximum Gasteiger partial charge on any atom is 0.263 e. The molecule has 30 heavy (non-hydrogen) atoms. The molecule has 1 fully saturated rings. The topological polar surface area (TPSA) is 51.0 Å². The highest BCUT2D eigenvalue weighted by Gasteiger charge is 2.31. The number of rotatable bonds is 4. The summed E-state index contributed by atoms with van der Waals surface area (Å²) in [6.07, 6.45) is 3.68. The average molecular weight is 419 g/mol. The molecule has 5 rings (SSSR count). The quantitative estimate of drug-likeness (QED) is 0.493. The average Bonchev–Trinajstić information content (AvgIpc) is 3.44. The number of likely N-dealkylation sites (tertiary alicyclic amines) is 1. The monoisotopic (exact) mass is 418 g/mol. The molecule has 0 spiro atoms. The summed E-state index contributed by atoms with van der Waals surface area (Å²) in [6, 6.07) is 15.4. The molecule has 6 heteroatoms. The Morgan fingerprint density at radius 2 is 2.03 bits per heavy atom. The van der Waals surface area contributed by atoms with E-state index in [0.29, 0.717) is 29.8 Å². The molecule has 3 aromatic heterocycles. The van der Waals surface area contributed by atoms with E-state index in [1.165, 1.54) is 0 Å². The highest BCUT2D eigenvalue weighted by atomic mass is 32.1. The first-order valence-electron chi connectivity index (χ1n) is 10.1. The third-order valence-electron chi connectivity index (χ3n) is 5.86. The van der Waals surface area contributed by atoms with E-state index < -0.39 is 0 Å². The fourth-order valence-corrected chi connectivity index (χ4v) is 5.36. The first kappa shape index (κ1) is 19.0. The van der Waals surface area contributed by atoms with E-state index in [1.807, 2.05) is 52.7 Å². The number of hydrogen-bond donors (Lipinski definition) is 0. The first-order valence-corrected chi connectivity index (χ1v) is 11.0. The maximum absolute atomic E-state index is 13.8. The molecule has 1 aromatic carbocycles. The number of aromatic nitrogens is 1. The van der Waals surface area contributed by atoms with Crippen molar-refractivity contribution in [3.8, 4) is 11.1 Å². The van der Waals surface area contributed by atoms with Crippen molar-refractivity contribution in [2.45, 2.75) is 18.9 Å². The number of hydrogen-bond acceptors (Lipinski definition) is 4. The van der Waals surface area contributed by atoms with E-state index in [2.05, 4.69) is 0 Å². The van der Waals surface area contributed by atoms with Crippen LogP contribution >= 0.6 is 11.3 Å². The van der Waals surface area contributed by atoms with E-state index in [-0.39, 0.29) is 17.5 Å². The van der Waals surface area contributed by atoms with Gasteiger partial charge in [0.05, 0.1) is 28.4 Å². The van der Waals surface area contributed by atoms with Crippen LogP contribution in [0.4, 0.5) is 0 Å². The zero-order valence-corrected chi connectivity index (χ0v) is 17.5. The minimum absolute atomic E-state index is 0.0369. The van der Waals surface area contributed by atoms with Gasteiger partial charge in [-0.1, -0.05) is 30.3 Å². The number of carbonyl (C=O) groups is 1. The van der Waals surface area contributed by atoms with Crippen molar-refractivity contribution in [3.63, 3.8) is 0 Å². The Hall–Kier alpha value is -2.96. The lowest BCUT2D eigenvalue weighted by molar-refractivity contribution is 0.0632. The van der Waals surface area contributed by atoms with E-state index in [9.17, 15) is 9.59 Å². The van der Waals surface area contributed by atoms with E-state index in [4.69, 9.17) is 4.74 Å². The Kier molecular flexibility index (Phi) is 4.89. The van der Waals surface area contributed by atoms with E-state index in [1.54, 1.807) is 35.1 Å². The summed E-state index contributed by atoms with van der Waals surface area (Å²) in [5.41, 5.74) is 2.50. The molecule has 4 aromatic rings. The Morgan fingerprint density at radius 3 is 2.83 bits per heavy atom. The maximum atomic E-state index is 13.8. The van der Waals surface area contributed by atoms with Gasteiger partial charge in [-0.15, -0.1) is 11.3 Å². The standard InChI is InChI=1S/C24H22N2O3S/c1-29-15-18-8-5-11-25(18)24(28)20-14-19(16-6-3-2-4-7-16)23(27)26-12-9-17-10-13-30-22(17)21(20)26/h2-4,6-7,9-10,12-14,18H,5,8,11,15H2,1H3/t18-/m1/s1. The number of thiophene rings is 1. The van der Waals surface area contributed by atoms with Crippen molar-refractivity contribution in [1.82, 2.24) is 9.30 Å². The SMILES string of the molecule is COC[C@H]1CCCN1C(=O)c1cc(-c2ccccc2)c(=O)n2ccc3ccsc3c12. The Balaban J connectivity index is 1.78. The number of pyridine rings is 2. The number of fused-ring (bicyclic) bond motifs is 3. The van der Waals surface area contributed by atoms with Crippen molar-refractivity contribution >= 4 is 32.8 Å². The van der Waals surface area contributed by atoms with Gasteiger partial charge in [-0.05, 0) is 47.4 Å². The number of benzene rings is 1. The molecule has 0 aliphatic carbocycles. The minimum atomic E-state index is -0.113. The van der Waals surface area contributed by atoms with Crippen molar-refractivity contribution in [3.05, 3.63) is 76.0 Å². The summed E-state index contributed by atoms with van der Waals surface area (Å²) in [5, 5.41) is 3.04. The van der Waals surface area contributed by atoms with Crippen molar-refractivity contribution in [2.75, 3.05) is 20.3 Å². The Labute approximate surface area is 178 Å². The molecule has 1 saturated heterocycles. The van der Waals surface area contributed by atoms with Crippen LogP contribution in [-0.4, -0.2) is 41.5 Å². The minimum Gasteiger partial charge on any atom is -0.383 e. The van der Waals surface area contributed by atoms with Crippen LogP contribution in [0.1, 0.15) is 23.2 Å². The van der Waals surface area contributed by atoms with Gasteiger partial charge in [-0.25, -0.2) is 0 Å². The predicted molar refractivity (Wildman–Crippen MR) is 120 cm³/mol. The van der Waals surface area contributed by atoms with Crippen molar-refractivity contribution in [1.29, 1.82) is 0 Å². The molecule has 1 aliphatic rings. The molecule has 0 N–H and O–H groups in total. The predicted octanol–water partition coefficient (Wildman–Crippen LogP) is 4.43. The second-order valence-electron chi connectivity index (χ2n) is 7.63. The fourth-order valence-electron chi connectivity index (χ4n) is 4.42. The van der Waals surface area contributed by atoms with Crippen LogP contribution in [0.2, 0.25) is 0 Å². The van der Waals surface area contributed by atoms with Crippen LogP contribution in [0.3, 0.4) is 0 Å². The summed E-state index contributed by atoms with van der Waals surface area (Å²) in [7, 11) is 1.67. The highest BCUT2D eigenvalue weighted by molar-refractivity contribution is 7.18. The van der Waals surface area contributed by atoms with Gasteiger partial charge in [0.15, 0.2) is 0 Å². The molecular formula is C24H22N2O3S. The molecule has 0 bridgehead atoms. The van der Waals surface area contributed by atoms with Crippen LogP contribution < -0.4 is 5.56 Å². The lowest BCUT2D eigenvalue weighted by atomic mass is 10.0. The van der Waals surface area contributed by atoms with Gasteiger partial charge in [0, 0.05) is 25.4 Å². The number of nitrogens with zero attached hydrogens (tertiary/aromatic N) is 2. The fraction of sp³-hybridized carbons (Fsp3) is 0.250. The van der Waals surface area contributed by atoms with Crippen molar-refractivity contribution in [2.24, 2.45) is 0 Å². The number of amides is 1. The first-order chi connectivity index (χ1) is 14.7. The summed E-state index contributed by atoms with van der Waals surface area (Å²) in [5.74, 6) is -0.0369. The Bertz CT molecular complexity index is 1290. The molecular weight excluding hydrogens is 396 g/mol. The van der Waals surface area contributed by atoms with E-state index in [0.717, 1.165) is 28.5 Å². The molecule has 152 valence electrons. The van der Waals surface area contributed by atoms with Crippen LogP contribution in [0.15, 0.2) is 64.9 Å². The lowest BCUT2D eigenvalue weighted by Crippen LogP contribution is -2.38. The van der Waals surface area contributed by atoms with Gasteiger partial charge in [-0.2, -0.15) is 0 Å². The summed E-state index contributed by atoms with van der Waals surface area (Å²) < 4.78 is 7.95. The number of carbonyl (C=O) groups excluding carboxylic acids is 1. The molecule has 1 amide bonds. The van der Waals surface area contributed by atoms with Gasteiger partial charge in [0.2, 0.25) is 0 Å². The molecule has 4 heterocycles. The second-order valence-corrected chi connectivity index (χ2v) is 8.55. The van der Waals surface area contributed by atoms with Gasteiger partial charge in [0.1, 0.15) is 0 Å². The summed E-state index contributed by atoms with van der Waals surface area (Å²) in [4.78, 5) is 29.1. The third-order valence-corrected chi connectivity index (χ3v) is 6.80. The zero-order valence-electron chi connectivity index (χ0n) is 16.7. The van der Waals surface area contributed by atoms with Gasteiger partial charge < -0.3 is 9.64 Å². The summed E-state index contributed by atoms with van der Waals surface area (Å²) in [6.45, 7) is 1.23. The molecule has 5 nitrogen and oxygen atoms in total. The van der Waals surface area contributed by atoms with Gasteiger partial charge >= 0.3 is 0 Å². The third kappa shape index (κ3) is 3.04. The van der Waals surface area contributed by atoms with Crippen molar-refractivity contribution < 1.29 is 9.53 Å². The highest BCUT2D eigenvalue weighted by Crippen LogP contribution is 2.31. The van der Waals surface area contributed by atoms with E-state index >= 15 is 0 Å². The molecule has 0 radical (unpaired) electrons. The van der Waals surface area contributed by atoms with Gasteiger partial charge in [0.25, 0.3) is 11.5 Å². The molecule has 1 atom stereocenters. The summed E-state index contributed by atoms with van der Waals surface area (Å²) >= 11 is 1.56. The van der Waals surface area contributed by atoms with Gasteiger partial charge in [-0.3, -0.25) is 14.0 Å². The largest absolute Gasteiger partial charge is 0.383 e. The van der Waals surface area contributed by atoms with Crippen LogP contribution in [0.5, 0.6) is 0 Å². The lowest BCUT2D eigenvalue weighted by Gasteiger charge is -2.25. The number of methoxy groups -OCH3 is 1. The molecule has 1 aliphatic heterocycles. The Morgan fingerprint density at radius 1 is 1.20 bits per heavy atom. The molecule has 0 saturated carbocycles. The normalized spacial score (nSPS) is 16.6. The number of ether oxygens (including phenoxy) is 1. The smallest absolute Gasteiger partial charge is 0.263 e. The van der Waals surface area contributed by atoms with Crippen LogP contribution in [0.25, 0.3) is 26.7 Å².